The molecule has 1 saturated heterocycles. The van der Waals surface area contributed by atoms with Gasteiger partial charge in [-0.05, 0) is 6.07 Å². The molecule has 1 aromatic rings. The molecule has 1 aliphatic rings. The summed E-state index contributed by atoms with van der Waals surface area (Å²) in [7, 11) is 0. The van der Waals surface area contributed by atoms with E-state index in [0.717, 1.165) is 0 Å². The Morgan fingerprint density at radius 2 is 2.60 bits per heavy atom. The SMILES string of the molecule is Nc1ccn([C@@H]2CS[C@@H](CO)O2)c(=O)n1. The number of aromatic nitrogens is 2. The summed E-state index contributed by atoms with van der Waals surface area (Å²) < 4.78 is 6.79. The van der Waals surface area contributed by atoms with E-state index in [1.54, 1.807) is 12.3 Å². The van der Waals surface area contributed by atoms with Gasteiger partial charge in [-0.25, -0.2) is 4.79 Å². The number of anilines is 1. The molecular weight excluding hydrogens is 218 g/mol. The van der Waals surface area contributed by atoms with Gasteiger partial charge in [0, 0.05) is 11.9 Å². The highest BCUT2D eigenvalue weighted by Crippen LogP contribution is 2.30. The number of nitrogens with two attached hydrogens (primary N) is 1. The molecule has 0 radical (unpaired) electrons. The van der Waals surface area contributed by atoms with Crippen LogP contribution in [-0.4, -0.2) is 32.5 Å². The van der Waals surface area contributed by atoms with Crippen molar-refractivity contribution >= 4 is 17.6 Å². The standard InChI is InChI=1S/C8H11N3O3S/c9-5-1-2-11(8(13)10-5)6-4-15-7(3-12)14-6/h1-2,6-7,12H,3-4H2,(H2,9,10,13)/t6-,7-/m0/s1. The van der Waals surface area contributed by atoms with Crippen LogP contribution in [0.3, 0.4) is 0 Å². The van der Waals surface area contributed by atoms with Gasteiger partial charge in [-0.1, -0.05) is 0 Å². The minimum atomic E-state index is -0.431. The zero-order chi connectivity index (χ0) is 10.8. The molecular formula is C8H11N3O3S. The predicted octanol–water partition coefficient (Wildman–Crippen LogP) is -0.594. The molecule has 0 amide bonds. The number of nitrogens with zero attached hydrogens (tertiary/aromatic N) is 2. The predicted molar refractivity (Wildman–Crippen MR) is 56.4 cm³/mol. The van der Waals surface area contributed by atoms with Crippen LogP contribution >= 0.6 is 11.8 Å². The van der Waals surface area contributed by atoms with E-state index < -0.39 is 5.69 Å². The Morgan fingerprint density at radius 1 is 1.80 bits per heavy atom. The molecule has 0 aromatic carbocycles. The number of aliphatic hydroxyl groups is 1. The lowest BCUT2D eigenvalue weighted by Crippen LogP contribution is -2.28. The second-order valence-electron chi connectivity index (χ2n) is 3.08. The first kappa shape index (κ1) is 10.5. The average Bonchev–Trinajstić information content (AvgIpc) is 2.66. The topological polar surface area (TPSA) is 90.4 Å². The van der Waals surface area contributed by atoms with Crippen molar-refractivity contribution in [1.29, 1.82) is 0 Å². The van der Waals surface area contributed by atoms with Crippen LogP contribution in [-0.2, 0) is 4.74 Å². The fourth-order valence-corrected chi connectivity index (χ4v) is 2.26. The monoisotopic (exact) mass is 229 g/mol. The Labute approximate surface area is 90.1 Å². The Hall–Kier alpha value is -1.05. The Kier molecular flexibility index (Phi) is 2.94. The molecule has 7 heteroatoms. The molecule has 1 aliphatic heterocycles. The number of hydrogen-bond acceptors (Lipinski definition) is 6. The third kappa shape index (κ3) is 2.14. The highest BCUT2D eigenvalue weighted by Gasteiger charge is 2.27. The minimum Gasteiger partial charge on any atom is -0.393 e. The van der Waals surface area contributed by atoms with E-state index in [0.29, 0.717) is 5.75 Å². The van der Waals surface area contributed by atoms with Gasteiger partial charge in [0.05, 0.1) is 6.61 Å². The van der Waals surface area contributed by atoms with Gasteiger partial charge < -0.3 is 15.6 Å². The second-order valence-corrected chi connectivity index (χ2v) is 4.27. The molecule has 0 saturated carbocycles. The van der Waals surface area contributed by atoms with Gasteiger partial charge in [0.15, 0.2) is 0 Å². The fraction of sp³-hybridized carbons (Fsp3) is 0.500. The van der Waals surface area contributed by atoms with Crippen molar-refractivity contribution in [2.45, 2.75) is 11.7 Å². The summed E-state index contributed by atoms with van der Waals surface area (Å²) >= 11 is 1.47. The third-order valence-corrected chi connectivity index (χ3v) is 3.15. The van der Waals surface area contributed by atoms with E-state index >= 15 is 0 Å². The number of ether oxygens (including phenoxy) is 1. The summed E-state index contributed by atoms with van der Waals surface area (Å²) in [6, 6.07) is 1.54. The average molecular weight is 229 g/mol. The van der Waals surface area contributed by atoms with Crippen LogP contribution in [0, 0.1) is 0 Å². The van der Waals surface area contributed by atoms with Gasteiger partial charge in [0.1, 0.15) is 17.5 Å². The highest BCUT2D eigenvalue weighted by molar-refractivity contribution is 8.00. The van der Waals surface area contributed by atoms with Crippen LogP contribution in [0.4, 0.5) is 5.82 Å². The summed E-state index contributed by atoms with van der Waals surface area (Å²) in [5, 5.41) is 8.88. The molecule has 0 spiro atoms. The molecule has 15 heavy (non-hydrogen) atoms. The Morgan fingerprint density at radius 3 is 3.20 bits per heavy atom. The van der Waals surface area contributed by atoms with Crippen molar-refractivity contribution in [1.82, 2.24) is 9.55 Å². The fourth-order valence-electron chi connectivity index (χ4n) is 1.33. The third-order valence-electron chi connectivity index (χ3n) is 2.04. The first-order chi connectivity index (χ1) is 7.20. The molecule has 1 aromatic heterocycles. The van der Waals surface area contributed by atoms with Crippen LogP contribution in [0.2, 0.25) is 0 Å². The quantitative estimate of drug-likeness (QED) is 0.704. The number of hydrogen-bond donors (Lipinski definition) is 2. The van der Waals surface area contributed by atoms with Crippen molar-refractivity contribution in [2.24, 2.45) is 0 Å². The molecule has 2 atom stereocenters. The van der Waals surface area contributed by atoms with Crippen LogP contribution < -0.4 is 11.4 Å². The lowest BCUT2D eigenvalue weighted by molar-refractivity contribution is -0.00629. The molecule has 3 N–H and O–H groups in total. The van der Waals surface area contributed by atoms with Crippen molar-refractivity contribution in [2.75, 3.05) is 18.1 Å². The smallest absolute Gasteiger partial charge is 0.351 e. The van der Waals surface area contributed by atoms with Gasteiger partial charge in [-0.2, -0.15) is 4.98 Å². The molecule has 0 bridgehead atoms. The summed E-state index contributed by atoms with van der Waals surface area (Å²) in [6.07, 6.45) is 1.18. The van der Waals surface area contributed by atoms with Crippen molar-refractivity contribution in [3.63, 3.8) is 0 Å². The Balaban J connectivity index is 2.20. The highest BCUT2D eigenvalue weighted by atomic mass is 32.2. The van der Waals surface area contributed by atoms with E-state index in [1.165, 1.54) is 16.3 Å². The van der Waals surface area contributed by atoms with Gasteiger partial charge in [0.25, 0.3) is 0 Å². The van der Waals surface area contributed by atoms with E-state index in [-0.39, 0.29) is 24.1 Å². The summed E-state index contributed by atoms with van der Waals surface area (Å²) in [6.45, 7) is -0.0572. The minimum absolute atomic E-state index is 0.0572. The summed E-state index contributed by atoms with van der Waals surface area (Å²) in [5.41, 5.74) is 4.67. The van der Waals surface area contributed by atoms with Crippen LogP contribution in [0.5, 0.6) is 0 Å². The van der Waals surface area contributed by atoms with E-state index in [1.807, 2.05) is 0 Å². The normalized spacial score (nSPS) is 25.7. The van der Waals surface area contributed by atoms with E-state index in [9.17, 15) is 4.79 Å². The van der Waals surface area contributed by atoms with Crippen LogP contribution in [0.25, 0.3) is 0 Å². The lowest BCUT2D eigenvalue weighted by atomic mass is 10.5. The molecule has 0 unspecified atom stereocenters. The van der Waals surface area contributed by atoms with Crippen LogP contribution in [0.1, 0.15) is 6.23 Å². The molecule has 2 heterocycles. The zero-order valence-electron chi connectivity index (χ0n) is 7.87. The molecule has 6 nitrogen and oxygen atoms in total. The first-order valence-electron chi connectivity index (χ1n) is 4.43. The van der Waals surface area contributed by atoms with Gasteiger partial charge in [-0.3, -0.25) is 4.57 Å². The number of aliphatic hydroxyl groups excluding tert-OH is 1. The van der Waals surface area contributed by atoms with Crippen LogP contribution in [0.15, 0.2) is 17.1 Å². The number of rotatable bonds is 2. The van der Waals surface area contributed by atoms with Crippen molar-refractivity contribution in [3.8, 4) is 0 Å². The van der Waals surface area contributed by atoms with Crippen molar-refractivity contribution in [3.05, 3.63) is 22.7 Å². The van der Waals surface area contributed by atoms with Gasteiger partial charge in [0.2, 0.25) is 0 Å². The zero-order valence-corrected chi connectivity index (χ0v) is 8.68. The lowest BCUT2D eigenvalue weighted by Gasteiger charge is -2.13. The molecule has 1 fully saturated rings. The van der Waals surface area contributed by atoms with Crippen molar-refractivity contribution < 1.29 is 9.84 Å². The van der Waals surface area contributed by atoms with Gasteiger partial charge in [-0.15, -0.1) is 11.8 Å². The maximum absolute atomic E-state index is 11.4. The maximum atomic E-state index is 11.4. The Bertz CT molecular complexity index is 408. The van der Waals surface area contributed by atoms with E-state index in [2.05, 4.69) is 4.98 Å². The molecule has 82 valence electrons. The molecule has 0 aliphatic carbocycles. The number of nitrogen functional groups attached to an aromatic ring is 1. The first-order valence-corrected chi connectivity index (χ1v) is 5.48. The van der Waals surface area contributed by atoms with E-state index in [4.69, 9.17) is 15.6 Å². The second kappa shape index (κ2) is 4.21. The number of thioether (sulfide) groups is 1. The maximum Gasteiger partial charge on any atom is 0.351 e. The summed E-state index contributed by atoms with van der Waals surface area (Å²) in [5.74, 6) is 0.817. The van der Waals surface area contributed by atoms with Gasteiger partial charge >= 0.3 is 5.69 Å². The summed E-state index contributed by atoms with van der Waals surface area (Å²) in [4.78, 5) is 15.0. The largest absolute Gasteiger partial charge is 0.393 e. The molecule has 2 rings (SSSR count).